The summed E-state index contributed by atoms with van der Waals surface area (Å²) < 4.78 is 1.80. The van der Waals surface area contributed by atoms with Crippen molar-refractivity contribution in [1.29, 1.82) is 0 Å². The Bertz CT molecular complexity index is 642. The van der Waals surface area contributed by atoms with Crippen molar-refractivity contribution in [3.05, 3.63) is 46.1 Å². The van der Waals surface area contributed by atoms with Gasteiger partial charge in [-0.25, -0.2) is 0 Å². The molecule has 0 unspecified atom stereocenters. The Hall–Kier alpha value is -1.30. The molecule has 0 fully saturated rings. The summed E-state index contributed by atoms with van der Waals surface area (Å²) in [5.74, 6) is 0.707. The minimum Gasteiger partial charge on any atom is -0.362 e. The largest absolute Gasteiger partial charge is 0.362 e. The van der Waals surface area contributed by atoms with Crippen LogP contribution in [-0.4, -0.2) is 21.4 Å². The fourth-order valence-electron chi connectivity index (χ4n) is 1.88. The highest BCUT2D eigenvalue weighted by Crippen LogP contribution is 2.21. The van der Waals surface area contributed by atoms with Gasteiger partial charge in [0.05, 0.1) is 6.54 Å². The van der Waals surface area contributed by atoms with E-state index in [9.17, 15) is 0 Å². The van der Waals surface area contributed by atoms with E-state index in [4.69, 9.17) is 35.4 Å². The number of thiocarbonyl (C=S) groups is 1. The van der Waals surface area contributed by atoms with Gasteiger partial charge in [-0.15, -0.1) is 0 Å². The minimum atomic E-state index is 0.577. The molecule has 0 amide bonds. The molecule has 1 aromatic heterocycles. The molecule has 7 heteroatoms. The zero-order valence-electron chi connectivity index (χ0n) is 12.3. The van der Waals surface area contributed by atoms with E-state index in [1.165, 1.54) is 0 Å². The molecular weight excluding hydrogens is 339 g/mol. The standard InChI is InChI=1S/C15H18Cl2N4S/c1-2-3-7-18-15(22)19-14-6-8-21(20-14)10-11-4-5-12(16)9-13(11)17/h4-6,8-9H,2-3,7,10H2,1H3,(H2,18,19,20,22). The van der Waals surface area contributed by atoms with Crippen molar-refractivity contribution in [3.63, 3.8) is 0 Å². The van der Waals surface area contributed by atoms with Crippen molar-refractivity contribution in [2.75, 3.05) is 11.9 Å². The lowest BCUT2D eigenvalue weighted by Crippen LogP contribution is -2.29. The summed E-state index contributed by atoms with van der Waals surface area (Å²) >= 11 is 17.3. The molecule has 0 atom stereocenters. The smallest absolute Gasteiger partial charge is 0.171 e. The van der Waals surface area contributed by atoms with Crippen LogP contribution in [0.15, 0.2) is 30.5 Å². The molecule has 2 aromatic rings. The van der Waals surface area contributed by atoms with E-state index in [-0.39, 0.29) is 0 Å². The number of hydrogen-bond donors (Lipinski definition) is 2. The van der Waals surface area contributed by atoms with E-state index < -0.39 is 0 Å². The van der Waals surface area contributed by atoms with Crippen molar-refractivity contribution in [3.8, 4) is 0 Å². The van der Waals surface area contributed by atoms with Gasteiger partial charge >= 0.3 is 0 Å². The number of hydrogen-bond acceptors (Lipinski definition) is 2. The van der Waals surface area contributed by atoms with E-state index in [0.717, 1.165) is 24.9 Å². The van der Waals surface area contributed by atoms with Gasteiger partial charge in [0.15, 0.2) is 10.9 Å². The lowest BCUT2D eigenvalue weighted by Gasteiger charge is -2.08. The first-order valence-corrected chi connectivity index (χ1v) is 8.27. The summed E-state index contributed by atoms with van der Waals surface area (Å²) in [4.78, 5) is 0. The lowest BCUT2D eigenvalue weighted by molar-refractivity contribution is 0.690. The molecule has 2 rings (SSSR count). The third-order valence-corrected chi connectivity index (χ3v) is 3.88. The molecule has 1 heterocycles. The first-order chi connectivity index (χ1) is 10.6. The Morgan fingerprint density at radius 3 is 2.86 bits per heavy atom. The van der Waals surface area contributed by atoms with Crippen LogP contribution < -0.4 is 10.6 Å². The van der Waals surface area contributed by atoms with Crippen LogP contribution in [0.2, 0.25) is 10.0 Å². The van der Waals surface area contributed by atoms with Gasteiger partial charge in [0, 0.05) is 28.9 Å². The van der Waals surface area contributed by atoms with E-state index in [0.29, 0.717) is 27.5 Å². The predicted molar refractivity (Wildman–Crippen MR) is 96.9 cm³/mol. The number of aromatic nitrogens is 2. The topological polar surface area (TPSA) is 41.9 Å². The number of anilines is 1. The Morgan fingerprint density at radius 1 is 1.32 bits per heavy atom. The fraction of sp³-hybridized carbons (Fsp3) is 0.333. The monoisotopic (exact) mass is 356 g/mol. The number of halogens is 2. The van der Waals surface area contributed by atoms with Crippen LogP contribution >= 0.6 is 35.4 Å². The van der Waals surface area contributed by atoms with Gasteiger partial charge in [0.25, 0.3) is 0 Å². The molecule has 0 radical (unpaired) electrons. The summed E-state index contributed by atoms with van der Waals surface area (Å²) in [5, 5.41) is 12.5. The summed E-state index contributed by atoms with van der Waals surface area (Å²) in [5.41, 5.74) is 0.962. The zero-order chi connectivity index (χ0) is 15.9. The van der Waals surface area contributed by atoms with Gasteiger partial charge in [-0.1, -0.05) is 42.6 Å². The van der Waals surface area contributed by atoms with Crippen molar-refractivity contribution in [2.24, 2.45) is 0 Å². The molecule has 0 aliphatic carbocycles. The van der Waals surface area contributed by atoms with E-state index >= 15 is 0 Å². The fourth-order valence-corrected chi connectivity index (χ4v) is 2.55. The third-order valence-electron chi connectivity index (χ3n) is 3.05. The van der Waals surface area contributed by atoms with Gasteiger partial charge in [-0.2, -0.15) is 5.10 Å². The number of benzene rings is 1. The molecule has 0 saturated heterocycles. The second-order valence-corrected chi connectivity index (χ2v) is 6.12. The summed E-state index contributed by atoms with van der Waals surface area (Å²) in [6.07, 6.45) is 4.10. The molecular formula is C15H18Cl2N4S. The third kappa shape index (κ3) is 5.16. The van der Waals surface area contributed by atoms with Crippen molar-refractivity contribution >= 4 is 46.4 Å². The summed E-state index contributed by atoms with van der Waals surface area (Å²) in [6.45, 7) is 3.58. The Balaban J connectivity index is 1.92. The van der Waals surface area contributed by atoms with Crippen LogP contribution in [0.4, 0.5) is 5.82 Å². The summed E-state index contributed by atoms with van der Waals surface area (Å²) in [6, 6.07) is 7.32. The highest BCUT2D eigenvalue weighted by atomic mass is 35.5. The summed E-state index contributed by atoms with van der Waals surface area (Å²) in [7, 11) is 0. The maximum Gasteiger partial charge on any atom is 0.171 e. The highest BCUT2D eigenvalue weighted by molar-refractivity contribution is 7.80. The van der Waals surface area contributed by atoms with Gasteiger partial charge in [0.2, 0.25) is 0 Å². The second-order valence-electron chi connectivity index (χ2n) is 4.87. The maximum absolute atomic E-state index is 6.17. The molecule has 0 aliphatic heterocycles. The molecule has 0 aliphatic rings. The van der Waals surface area contributed by atoms with Crippen LogP contribution in [0.3, 0.4) is 0 Å². The van der Waals surface area contributed by atoms with Gasteiger partial charge in [0.1, 0.15) is 0 Å². The Labute approximate surface area is 145 Å². The van der Waals surface area contributed by atoms with Gasteiger partial charge in [-0.3, -0.25) is 4.68 Å². The first-order valence-electron chi connectivity index (χ1n) is 7.10. The Morgan fingerprint density at radius 2 is 2.14 bits per heavy atom. The van der Waals surface area contributed by atoms with Crippen molar-refractivity contribution in [2.45, 2.75) is 26.3 Å². The van der Waals surface area contributed by atoms with Crippen LogP contribution in [0.25, 0.3) is 0 Å². The molecule has 4 nitrogen and oxygen atoms in total. The lowest BCUT2D eigenvalue weighted by atomic mass is 10.2. The first kappa shape index (κ1) is 17.1. The van der Waals surface area contributed by atoms with E-state index in [2.05, 4.69) is 22.7 Å². The second kappa shape index (κ2) is 8.36. The van der Waals surface area contributed by atoms with Gasteiger partial charge < -0.3 is 10.6 Å². The van der Waals surface area contributed by atoms with Crippen LogP contribution in [-0.2, 0) is 6.54 Å². The number of unbranched alkanes of at least 4 members (excludes halogenated alkanes) is 1. The number of rotatable bonds is 6. The SMILES string of the molecule is CCCCNC(=S)Nc1ccn(Cc2ccc(Cl)cc2Cl)n1. The Kier molecular flexibility index (Phi) is 6.49. The molecule has 2 N–H and O–H groups in total. The molecule has 118 valence electrons. The highest BCUT2D eigenvalue weighted by Gasteiger charge is 2.05. The molecule has 0 spiro atoms. The average Bonchev–Trinajstić information content (AvgIpc) is 2.89. The van der Waals surface area contributed by atoms with Crippen LogP contribution in [0, 0.1) is 0 Å². The average molecular weight is 357 g/mol. The normalized spacial score (nSPS) is 10.5. The number of nitrogens with zero attached hydrogens (tertiary/aromatic N) is 2. The predicted octanol–water partition coefficient (Wildman–Crippen LogP) is 4.32. The quantitative estimate of drug-likeness (QED) is 0.597. The zero-order valence-corrected chi connectivity index (χ0v) is 14.6. The van der Waals surface area contributed by atoms with Gasteiger partial charge in [-0.05, 0) is 36.3 Å². The van der Waals surface area contributed by atoms with Crippen LogP contribution in [0.5, 0.6) is 0 Å². The molecule has 1 aromatic carbocycles. The van der Waals surface area contributed by atoms with E-state index in [1.54, 1.807) is 10.7 Å². The maximum atomic E-state index is 6.17. The molecule has 0 bridgehead atoms. The van der Waals surface area contributed by atoms with E-state index in [1.807, 2.05) is 24.4 Å². The number of nitrogens with one attached hydrogen (secondary N) is 2. The molecule has 0 saturated carbocycles. The minimum absolute atomic E-state index is 0.577. The van der Waals surface area contributed by atoms with Crippen LogP contribution in [0.1, 0.15) is 25.3 Å². The molecule has 22 heavy (non-hydrogen) atoms. The van der Waals surface area contributed by atoms with Crippen molar-refractivity contribution in [1.82, 2.24) is 15.1 Å². The van der Waals surface area contributed by atoms with Crippen molar-refractivity contribution < 1.29 is 0 Å².